The molecule has 0 spiro atoms. The number of hydrogen-bond acceptors (Lipinski definition) is 3. The fourth-order valence-electron chi connectivity index (χ4n) is 1.71. The van der Waals surface area contributed by atoms with Crippen LogP contribution in [0.2, 0.25) is 0 Å². The van der Waals surface area contributed by atoms with Gasteiger partial charge in [0, 0.05) is 6.54 Å². The molecule has 3 unspecified atom stereocenters. The van der Waals surface area contributed by atoms with Crippen LogP contribution >= 0.6 is 0 Å². The van der Waals surface area contributed by atoms with Gasteiger partial charge in [0.2, 0.25) is 5.91 Å². The smallest absolute Gasteiger partial charge is 0.312 e. The molecule has 0 heterocycles. The van der Waals surface area contributed by atoms with Crippen LogP contribution in [-0.4, -0.2) is 35.6 Å². The van der Waals surface area contributed by atoms with Crippen LogP contribution in [0.1, 0.15) is 40.0 Å². The Morgan fingerprint density at radius 2 is 1.85 bits per heavy atom. The van der Waals surface area contributed by atoms with E-state index in [1.54, 1.807) is 6.92 Å². The minimum atomic E-state index is -0.843. The fourth-order valence-corrected chi connectivity index (χ4v) is 1.71. The SMILES string of the molecule is CCC(C)C(NC(N)=O)C(=O)NCCCC(C)C(=O)O. The third-order valence-corrected chi connectivity index (χ3v) is 3.33. The summed E-state index contributed by atoms with van der Waals surface area (Å²) in [7, 11) is 0. The molecule has 20 heavy (non-hydrogen) atoms. The van der Waals surface area contributed by atoms with Crippen molar-refractivity contribution in [3.63, 3.8) is 0 Å². The van der Waals surface area contributed by atoms with Gasteiger partial charge >= 0.3 is 12.0 Å². The van der Waals surface area contributed by atoms with E-state index in [1.807, 2.05) is 13.8 Å². The third-order valence-electron chi connectivity index (χ3n) is 3.33. The standard InChI is InChI=1S/C13H25N3O4/c1-4-8(2)10(16-13(14)20)11(17)15-7-5-6-9(3)12(18)19/h8-10H,4-7H2,1-3H3,(H,15,17)(H,18,19)(H3,14,16,20). The summed E-state index contributed by atoms with van der Waals surface area (Å²) in [5.74, 6) is -1.59. The number of carbonyl (C=O) groups is 3. The van der Waals surface area contributed by atoms with E-state index >= 15 is 0 Å². The summed E-state index contributed by atoms with van der Waals surface area (Å²) < 4.78 is 0. The van der Waals surface area contributed by atoms with Crippen molar-refractivity contribution in [1.29, 1.82) is 0 Å². The predicted octanol–water partition coefficient (Wildman–Crippen LogP) is 0.687. The Kier molecular flexibility index (Phi) is 8.35. The van der Waals surface area contributed by atoms with Gasteiger partial charge < -0.3 is 21.5 Å². The van der Waals surface area contributed by atoms with Crippen molar-refractivity contribution in [2.24, 2.45) is 17.6 Å². The van der Waals surface area contributed by atoms with Gasteiger partial charge in [-0.25, -0.2) is 4.79 Å². The first kappa shape index (κ1) is 18.2. The number of primary amides is 1. The second-order valence-corrected chi connectivity index (χ2v) is 5.04. The highest BCUT2D eigenvalue weighted by molar-refractivity contribution is 5.86. The molecule has 116 valence electrons. The molecule has 0 saturated heterocycles. The summed E-state index contributed by atoms with van der Waals surface area (Å²) in [6.07, 6.45) is 1.80. The molecule has 5 N–H and O–H groups in total. The molecule has 0 aliphatic carbocycles. The van der Waals surface area contributed by atoms with Crippen LogP contribution in [0.5, 0.6) is 0 Å². The summed E-state index contributed by atoms with van der Waals surface area (Å²) in [5, 5.41) is 13.9. The van der Waals surface area contributed by atoms with Gasteiger partial charge in [0.25, 0.3) is 0 Å². The number of carbonyl (C=O) groups excluding carboxylic acids is 2. The summed E-state index contributed by atoms with van der Waals surface area (Å²) in [6, 6.07) is -1.39. The third kappa shape index (κ3) is 6.96. The van der Waals surface area contributed by atoms with Crippen LogP contribution in [-0.2, 0) is 9.59 Å². The van der Waals surface area contributed by atoms with E-state index in [-0.39, 0.29) is 11.8 Å². The molecule has 0 aromatic rings. The van der Waals surface area contributed by atoms with Crippen LogP contribution in [0.3, 0.4) is 0 Å². The van der Waals surface area contributed by atoms with Crippen LogP contribution < -0.4 is 16.4 Å². The number of urea groups is 1. The first-order valence-electron chi connectivity index (χ1n) is 6.86. The molecule has 0 aromatic carbocycles. The molecule has 0 aliphatic rings. The lowest BCUT2D eigenvalue weighted by Crippen LogP contribution is -2.51. The zero-order valence-corrected chi connectivity index (χ0v) is 12.3. The first-order chi connectivity index (χ1) is 9.29. The Balaban J connectivity index is 4.20. The molecular formula is C13H25N3O4. The summed E-state index contributed by atoms with van der Waals surface area (Å²) >= 11 is 0. The molecular weight excluding hydrogens is 262 g/mol. The number of hydrogen-bond donors (Lipinski definition) is 4. The molecule has 7 heteroatoms. The zero-order chi connectivity index (χ0) is 15.7. The maximum absolute atomic E-state index is 12.0. The minimum absolute atomic E-state index is 0.0274. The van der Waals surface area contributed by atoms with Gasteiger partial charge in [0.05, 0.1) is 5.92 Å². The second-order valence-electron chi connectivity index (χ2n) is 5.04. The lowest BCUT2D eigenvalue weighted by atomic mass is 9.98. The number of rotatable bonds is 9. The number of nitrogens with two attached hydrogens (primary N) is 1. The van der Waals surface area contributed by atoms with Crippen LogP contribution in [0, 0.1) is 11.8 Å². The Labute approximate surface area is 119 Å². The average Bonchev–Trinajstić information content (AvgIpc) is 2.39. The van der Waals surface area contributed by atoms with Crippen molar-refractivity contribution in [3.8, 4) is 0 Å². The predicted molar refractivity (Wildman–Crippen MR) is 75.0 cm³/mol. The quantitative estimate of drug-likeness (QED) is 0.466. The van der Waals surface area contributed by atoms with Gasteiger partial charge in [0.1, 0.15) is 6.04 Å². The first-order valence-corrected chi connectivity index (χ1v) is 6.86. The molecule has 0 radical (unpaired) electrons. The summed E-state index contributed by atoms with van der Waals surface area (Å²) in [6.45, 7) is 5.78. The molecule has 3 amide bonds. The topological polar surface area (TPSA) is 122 Å². The highest BCUT2D eigenvalue weighted by Gasteiger charge is 2.24. The highest BCUT2D eigenvalue weighted by atomic mass is 16.4. The van der Waals surface area contributed by atoms with Crippen molar-refractivity contribution in [2.45, 2.75) is 46.1 Å². The Hall–Kier alpha value is -1.79. The molecule has 0 aromatic heterocycles. The molecule has 0 aliphatic heterocycles. The van der Waals surface area contributed by atoms with E-state index in [4.69, 9.17) is 10.8 Å². The van der Waals surface area contributed by atoms with Gasteiger partial charge in [0.15, 0.2) is 0 Å². The van der Waals surface area contributed by atoms with Crippen LogP contribution in [0.15, 0.2) is 0 Å². The number of aliphatic carboxylic acids is 1. The minimum Gasteiger partial charge on any atom is -0.481 e. The van der Waals surface area contributed by atoms with Gasteiger partial charge in [-0.3, -0.25) is 9.59 Å². The molecule has 0 fully saturated rings. The van der Waals surface area contributed by atoms with E-state index < -0.39 is 24.0 Å². The molecule has 0 rings (SSSR count). The van der Waals surface area contributed by atoms with Crippen LogP contribution in [0.25, 0.3) is 0 Å². The van der Waals surface area contributed by atoms with Crippen molar-refractivity contribution in [1.82, 2.24) is 10.6 Å². The lowest BCUT2D eigenvalue weighted by molar-refractivity contribution is -0.141. The Morgan fingerprint density at radius 1 is 1.25 bits per heavy atom. The van der Waals surface area contributed by atoms with Crippen molar-refractivity contribution >= 4 is 17.9 Å². The molecule has 0 bridgehead atoms. The van der Waals surface area contributed by atoms with E-state index in [1.165, 1.54) is 0 Å². The molecule has 3 atom stereocenters. The lowest BCUT2D eigenvalue weighted by Gasteiger charge is -2.22. The Bertz CT molecular complexity index is 347. The van der Waals surface area contributed by atoms with E-state index in [0.717, 1.165) is 6.42 Å². The molecule has 0 saturated carbocycles. The van der Waals surface area contributed by atoms with Crippen molar-refractivity contribution < 1.29 is 19.5 Å². The van der Waals surface area contributed by atoms with E-state index in [9.17, 15) is 14.4 Å². The number of carboxylic acid groups (broad SMARTS) is 1. The van der Waals surface area contributed by atoms with Crippen molar-refractivity contribution in [3.05, 3.63) is 0 Å². The average molecular weight is 287 g/mol. The number of carboxylic acids is 1. The zero-order valence-electron chi connectivity index (χ0n) is 12.3. The maximum atomic E-state index is 12.0. The highest BCUT2D eigenvalue weighted by Crippen LogP contribution is 2.08. The van der Waals surface area contributed by atoms with Crippen LogP contribution in [0.4, 0.5) is 4.79 Å². The monoisotopic (exact) mass is 287 g/mol. The van der Waals surface area contributed by atoms with E-state index in [0.29, 0.717) is 19.4 Å². The van der Waals surface area contributed by atoms with Gasteiger partial charge in [-0.05, 0) is 18.8 Å². The van der Waals surface area contributed by atoms with E-state index in [2.05, 4.69) is 10.6 Å². The van der Waals surface area contributed by atoms with Crippen molar-refractivity contribution in [2.75, 3.05) is 6.54 Å². The fraction of sp³-hybridized carbons (Fsp3) is 0.769. The largest absolute Gasteiger partial charge is 0.481 e. The molecule has 7 nitrogen and oxygen atoms in total. The normalized spacial score (nSPS) is 14.9. The van der Waals surface area contributed by atoms with Gasteiger partial charge in [-0.1, -0.05) is 27.2 Å². The summed E-state index contributed by atoms with van der Waals surface area (Å²) in [5.41, 5.74) is 5.06. The van der Waals surface area contributed by atoms with Gasteiger partial charge in [-0.15, -0.1) is 0 Å². The maximum Gasteiger partial charge on any atom is 0.312 e. The number of nitrogens with one attached hydrogen (secondary N) is 2. The number of amides is 3. The summed E-state index contributed by atoms with van der Waals surface area (Å²) in [4.78, 5) is 33.5. The second kappa shape index (κ2) is 9.17. The van der Waals surface area contributed by atoms with Gasteiger partial charge in [-0.2, -0.15) is 0 Å². The Morgan fingerprint density at radius 3 is 2.30 bits per heavy atom.